The van der Waals surface area contributed by atoms with E-state index in [-0.39, 0.29) is 0 Å². The first-order valence-corrected chi connectivity index (χ1v) is 4.77. The zero-order chi connectivity index (χ0) is 8.27. The summed E-state index contributed by atoms with van der Waals surface area (Å²) in [6.45, 7) is 0. The van der Waals surface area contributed by atoms with E-state index < -0.39 is 8.60 Å². The average molecular weight is 173 g/mol. The molecule has 1 unspecified atom stereocenters. The minimum atomic E-state index is -3.37. The van der Waals surface area contributed by atoms with Gasteiger partial charge in [0.2, 0.25) is 0 Å². The molecule has 0 radical (unpaired) electrons. The summed E-state index contributed by atoms with van der Waals surface area (Å²) in [7, 11) is -3.37. The van der Waals surface area contributed by atoms with Crippen LogP contribution in [0.2, 0.25) is 0 Å². The van der Waals surface area contributed by atoms with E-state index >= 15 is 0 Å². The third-order valence-corrected chi connectivity index (χ3v) is 2.16. The van der Waals surface area contributed by atoms with Gasteiger partial charge < -0.3 is 23.3 Å². The van der Waals surface area contributed by atoms with E-state index in [0.29, 0.717) is 0 Å². The molecule has 64 valence electrons. The molecule has 0 spiro atoms. The lowest BCUT2D eigenvalue weighted by atomic mass is 10.1. The zero-order valence-electron chi connectivity index (χ0n) is 6.16. The van der Waals surface area contributed by atoms with Crippen molar-refractivity contribution in [2.75, 3.05) is 0 Å². The van der Waals surface area contributed by atoms with Gasteiger partial charge in [-0.05, 0) is 31.6 Å². The SMILES string of the molecule is C1=C2CCC(C1)C2.[O-]P([O-])[O-]. The molecule has 1 fully saturated rings. The Hall–Kier alpha value is 0.0500. The second-order valence-corrected chi connectivity index (χ2v) is 3.38. The Bertz CT molecular complexity index is 153. The molecular weight excluding hydrogens is 163 g/mol. The largest absolute Gasteiger partial charge is 0.854 e. The van der Waals surface area contributed by atoms with Crippen LogP contribution < -0.4 is 14.7 Å². The monoisotopic (exact) mass is 173 g/mol. The van der Waals surface area contributed by atoms with Gasteiger partial charge >= 0.3 is 0 Å². The quantitative estimate of drug-likeness (QED) is 0.363. The van der Waals surface area contributed by atoms with E-state index in [9.17, 15) is 0 Å². The molecule has 3 nitrogen and oxygen atoms in total. The van der Waals surface area contributed by atoms with Crippen molar-refractivity contribution in [2.24, 2.45) is 5.92 Å². The average Bonchev–Trinajstić information content (AvgIpc) is 2.45. The van der Waals surface area contributed by atoms with E-state index in [1.807, 2.05) is 0 Å². The molecule has 1 saturated carbocycles. The smallest absolute Gasteiger partial charge is 0.0289 e. The summed E-state index contributed by atoms with van der Waals surface area (Å²) in [5.74, 6) is 1.08. The van der Waals surface area contributed by atoms with Crippen molar-refractivity contribution in [3.8, 4) is 0 Å². The fraction of sp³-hybridized carbons (Fsp3) is 0.714. The lowest BCUT2D eigenvalue weighted by Crippen LogP contribution is -2.18. The molecular formula is C7H10O3P-3. The highest BCUT2D eigenvalue weighted by atomic mass is 31.2. The molecule has 1 atom stereocenters. The normalized spacial score (nSPS) is 26.5. The molecule has 0 N–H and O–H groups in total. The van der Waals surface area contributed by atoms with Crippen LogP contribution in [0, 0.1) is 5.92 Å². The van der Waals surface area contributed by atoms with Gasteiger partial charge in [-0.2, -0.15) is 0 Å². The van der Waals surface area contributed by atoms with E-state index in [2.05, 4.69) is 6.08 Å². The fourth-order valence-electron chi connectivity index (χ4n) is 1.68. The Morgan fingerprint density at radius 2 is 2.00 bits per heavy atom. The van der Waals surface area contributed by atoms with Crippen LogP contribution >= 0.6 is 8.60 Å². The predicted octanol–water partition coefficient (Wildman–Crippen LogP) is -0.589. The van der Waals surface area contributed by atoms with Crippen molar-refractivity contribution in [2.45, 2.75) is 25.7 Å². The van der Waals surface area contributed by atoms with Gasteiger partial charge in [0.05, 0.1) is 0 Å². The molecule has 2 rings (SSSR count). The highest BCUT2D eigenvalue weighted by Crippen LogP contribution is 2.38. The van der Waals surface area contributed by atoms with Crippen LogP contribution in [-0.4, -0.2) is 0 Å². The molecule has 0 aromatic rings. The van der Waals surface area contributed by atoms with Gasteiger partial charge in [0.1, 0.15) is 0 Å². The summed E-state index contributed by atoms with van der Waals surface area (Å²) in [6.07, 6.45) is 8.18. The molecule has 0 aromatic carbocycles. The van der Waals surface area contributed by atoms with E-state index in [1.165, 1.54) is 25.7 Å². The highest BCUT2D eigenvalue weighted by molar-refractivity contribution is 7.33. The van der Waals surface area contributed by atoms with Crippen LogP contribution in [0.5, 0.6) is 0 Å². The molecule has 2 bridgehead atoms. The minimum Gasteiger partial charge on any atom is -0.854 e. The molecule has 0 aliphatic heterocycles. The second kappa shape index (κ2) is 4.17. The molecule has 0 heterocycles. The molecule has 11 heavy (non-hydrogen) atoms. The van der Waals surface area contributed by atoms with E-state index in [4.69, 9.17) is 14.7 Å². The van der Waals surface area contributed by atoms with Gasteiger partial charge in [-0.25, -0.2) is 0 Å². The van der Waals surface area contributed by atoms with Crippen LogP contribution in [0.4, 0.5) is 0 Å². The Kier molecular flexibility index (Phi) is 3.46. The van der Waals surface area contributed by atoms with Gasteiger partial charge in [-0.3, -0.25) is 0 Å². The summed E-state index contributed by atoms with van der Waals surface area (Å²) in [5.41, 5.74) is 1.74. The van der Waals surface area contributed by atoms with Crippen LogP contribution in [0.25, 0.3) is 0 Å². The van der Waals surface area contributed by atoms with Crippen LogP contribution in [0.1, 0.15) is 25.7 Å². The van der Waals surface area contributed by atoms with Crippen molar-refractivity contribution in [3.63, 3.8) is 0 Å². The van der Waals surface area contributed by atoms with Crippen molar-refractivity contribution in [1.29, 1.82) is 0 Å². The Balaban J connectivity index is 0.000000134. The minimum absolute atomic E-state index is 1.08. The van der Waals surface area contributed by atoms with Crippen LogP contribution in [0.15, 0.2) is 11.6 Å². The van der Waals surface area contributed by atoms with Crippen LogP contribution in [0.3, 0.4) is 0 Å². The summed E-state index contributed by atoms with van der Waals surface area (Å²) in [5, 5.41) is 0. The van der Waals surface area contributed by atoms with Crippen molar-refractivity contribution < 1.29 is 14.7 Å². The zero-order valence-corrected chi connectivity index (χ0v) is 7.05. The van der Waals surface area contributed by atoms with E-state index in [0.717, 1.165) is 5.92 Å². The Labute approximate surface area is 67.4 Å². The van der Waals surface area contributed by atoms with Gasteiger partial charge in [0.15, 0.2) is 0 Å². The third-order valence-electron chi connectivity index (χ3n) is 2.16. The Morgan fingerprint density at radius 3 is 2.09 bits per heavy atom. The molecule has 0 amide bonds. The maximum Gasteiger partial charge on any atom is -0.0289 e. The summed E-state index contributed by atoms with van der Waals surface area (Å²) in [4.78, 5) is 25.4. The lowest BCUT2D eigenvalue weighted by Gasteiger charge is -2.39. The molecule has 0 saturated heterocycles. The summed E-state index contributed by atoms with van der Waals surface area (Å²) >= 11 is 0. The predicted molar refractivity (Wildman–Crippen MR) is 37.0 cm³/mol. The molecule has 0 aromatic heterocycles. The first kappa shape index (κ1) is 9.14. The highest BCUT2D eigenvalue weighted by Gasteiger charge is 2.22. The maximum atomic E-state index is 8.48. The summed E-state index contributed by atoms with van der Waals surface area (Å²) < 4.78 is 0. The fourth-order valence-corrected chi connectivity index (χ4v) is 1.68. The number of allylic oxidation sites excluding steroid dienone is 2. The summed E-state index contributed by atoms with van der Waals surface area (Å²) in [6, 6.07) is 0. The standard InChI is InChI=1S/C7H10.O3P/c1-2-7-4-3-6(1)5-7;1-4(2)3/h1,7H,2-5H2;/q;-3. The lowest BCUT2D eigenvalue weighted by molar-refractivity contribution is -0.407. The first-order valence-electron chi connectivity index (χ1n) is 3.68. The van der Waals surface area contributed by atoms with Crippen LogP contribution in [-0.2, 0) is 0 Å². The van der Waals surface area contributed by atoms with E-state index in [1.54, 1.807) is 5.57 Å². The van der Waals surface area contributed by atoms with Crippen molar-refractivity contribution in [3.05, 3.63) is 11.6 Å². The topological polar surface area (TPSA) is 69.2 Å². The number of hydrogen-bond donors (Lipinski definition) is 0. The number of hydrogen-bond acceptors (Lipinski definition) is 3. The van der Waals surface area contributed by atoms with Gasteiger partial charge in [0, 0.05) is 0 Å². The third kappa shape index (κ3) is 3.30. The maximum absolute atomic E-state index is 8.48. The van der Waals surface area contributed by atoms with Gasteiger partial charge in [-0.15, -0.1) is 0 Å². The van der Waals surface area contributed by atoms with Gasteiger partial charge in [-0.1, -0.05) is 11.6 Å². The Morgan fingerprint density at radius 1 is 1.36 bits per heavy atom. The number of rotatable bonds is 0. The first-order chi connectivity index (χ1) is 5.18. The van der Waals surface area contributed by atoms with Gasteiger partial charge in [0.25, 0.3) is 0 Å². The van der Waals surface area contributed by atoms with Crippen molar-refractivity contribution >= 4 is 8.60 Å². The molecule has 2 aliphatic carbocycles. The number of fused-ring (bicyclic) bond motifs is 2. The second-order valence-electron chi connectivity index (χ2n) is 2.93. The van der Waals surface area contributed by atoms with Crippen molar-refractivity contribution in [1.82, 2.24) is 0 Å². The molecule has 2 aliphatic rings. The molecule has 4 heteroatoms.